The lowest BCUT2D eigenvalue weighted by atomic mass is 10.1. The third-order valence-corrected chi connectivity index (χ3v) is 7.28. The van der Waals surface area contributed by atoms with Crippen molar-refractivity contribution in [3.8, 4) is 0 Å². The maximum atomic E-state index is 2.69. The van der Waals surface area contributed by atoms with Gasteiger partial charge in [-0.1, -0.05) is 143 Å². The van der Waals surface area contributed by atoms with Crippen LogP contribution >= 0.6 is 0 Å². The summed E-state index contributed by atoms with van der Waals surface area (Å²) in [5, 5.41) is 0. The van der Waals surface area contributed by atoms with E-state index in [2.05, 4.69) is 37.5 Å². The van der Waals surface area contributed by atoms with Gasteiger partial charge in [-0.2, -0.15) is 0 Å². The van der Waals surface area contributed by atoms with Gasteiger partial charge in [-0.05, 0) is 39.0 Å². The molecule has 32 heavy (non-hydrogen) atoms. The van der Waals surface area contributed by atoms with Gasteiger partial charge < -0.3 is 9.80 Å². The second-order valence-corrected chi connectivity index (χ2v) is 10.2. The molecule has 0 bridgehead atoms. The molecule has 0 amide bonds. The van der Waals surface area contributed by atoms with Crippen LogP contribution in [0, 0.1) is 0 Å². The molecule has 0 radical (unpaired) electrons. The third kappa shape index (κ3) is 23.1. The Kier molecular flexibility index (Phi) is 27.1. The van der Waals surface area contributed by atoms with E-state index in [-0.39, 0.29) is 0 Å². The van der Waals surface area contributed by atoms with Gasteiger partial charge in [0.1, 0.15) is 0 Å². The van der Waals surface area contributed by atoms with Crippen molar-refractivity contribution in [2.45, 2.75) is 156 Å². The number of hydrogen-bond donors (Lipinski definition) is 0. The number of nitrogens with zero attached hydrogens (tertiary/aromatic N) is 2. The number of likely N-dealkylation sites (N-methyl/N-ethyl adjacent to an activating group) is 2. The highest BCUT2D eigenvalue weighted by molar-refractivity contribution is 4.63. The molecule has 0 aliphatic heterocycles. The average molecular weight is 453 g/mol. The fourth-order valence-corrected chi connectivity index (χ4v) is 4.78. The molecule has 0 aliphatic carbocycles. The van der Waals surface area contributed by atoms with Crippen molar-refractivity contribution in [2.24, 2.45) is 0 Å². The van der Waals surface area contributed by atoms with Crippen LogP contribution in [0.2, 0.25) is 0 Å². The highest BCUT2D eigenvalue weighted by atomic mass is 15.2. The van der Waals surface area contributed by atoms with Crippen LogP contribution in [0.25, 0.3) is 0 Å². The smallest absolute Gasteiger partial charge is 0.0109 e. The summed E-state index contributed by atoms with van der Waals surface area (Å²) >= 11 is 0. The van der Waals surface area contributed by atoms with E-state index in [4.69, 9.17) is 0 Å². The minimum atomic E-state index is 1.22. The highest BCUT2D eigenvalue weighted by Crippen LogP contribution is 2.12. The lowest BCUT2D eigenvalue weighted by molar-refractivity contribution is 0.209. The van der Waals surface area contributed by atoms with Crippen LogP contribution in [0.15, 0.2) is 0 Å². The Bertz CT molecular complexity index is 299. The summed E-state index contributed by atoms with van der Waals surface area (Å²) in [6.45, 7) is 16.9. The van der Waals surface area contributed by atoms with Crippen molar-refractivity contribution < 1.29 is 0 Å². The lowest BCUT2D eigenvalue weighted by Crippen LogP contribution is -2.36. The van der Waals surface area contributed by atoms with E-state index in [0.29, 0.717) is 0 Å². The zero-order valence-electron chi connectivity index (χ0n) is 23.3. The van der Waals surface area contributed by atoms with E-state index >= 15 is 0 Å². The summed E-state index contributed by atoms with van der Waals surface area (Å²) in [5.74, 6) is 0. The molecule has 0 spiro atoms. The Hall–Kier alpha value is -0.0800. The summed E-state index contributed by atoms with van der Waals surface area (Å²) in [7, 11) is 0. The van der Waals surface area contributed by atoms with Crippen molar-refractivity contribution in [3.63, 3.8) is 0 Å². The normalized spacial score (nSPS) is 11.8. The quantitative estimate of drug-likeness (QED) is 0.114. The Morgan fingerprint density at radius 1 is 0.281 bits per heavy atom. The maximum absolute atomic E-state index is 2.69. The molecule has 0 atom stereocenters. The largest absolute Gasteiger partial charge is 0.302 e. The molecule has 194 valence electrons. The van der Waals surface area contributed by atoms with Crippen LogP contribution in [0.5, 0.6) is 0 Å². The summed E-state index contributed by atoms with van der Waals surface area (Å²) in [4.78, 5) is 5.37. The van der Waals surface area contributed by atoms with Crippen LogP contribution in [-0.4, -0.2) is 49.1 Å². The van der Waals surface area contributed by atoms with E-state index in [1.54, 1.807) is 0 Å². The van der Waals surface area contributed by atoms with Crippen molar-refractivity contribution >= 4 is 0 Å². The molecule has 0 aromatic carbocycles. The van der Waals surface area contributed by atoms with Gasteiger partial charge in [-0.25, -0.2) is 0 Å². The fourth-order valence-electron chi connectivity index (χ4n) is 4.78. The molecule has 2 nitrogen and oxygen atoms in total. The van der Waals surface area contributed by atoms with Gasteiger partial charge in [0, 0.05) is 13.1 Å². The molecule has 0 saturated carbocycles. The first-order chi connectivity index (χ1) is 15.8. The van der Waals surface area contributed by atoms with Crippen molar-refractivity contribution in [1.29, 1.82) is 0 Å². The van der Waals surface area contributed by atoms with Crippen LogP contribution < -0.4 is 0 Å². The Morgan fingerprint density at radius 3 is 0.781 bits per heavy atom. The van der Waals surface area contributed by atoms with Gasteiger partial charge >= 0.3 is 0 Å². The van der Waals surface area contributed by atoms with E-state index in [0.717, 1.165) is 0 Å². The third-order valence-electron chi connectivity index (χ3n) is 7.28. The second-order valence-electron chi connectivity index (χ2n) is 10.2. The molecule has 0 aliphatic rings. The fraction of sp³-hybridized carbons (Fsp3) is 1.00. The molecule has 0 unspecified atom stereocenters. The topological polar surface area (TPSA) is 6.48 Å². The Morgan fingerprint density at radius 2 is 0.531 bits per heavy atom. The zero-order valence-corrected chi connectivity index (χ0v) is 23.3. The molecule has 0 saturated heterocycles. The van der Waals surface area contributed by atoms with Gasteiger partial charge in [0.25, 0.3) is 0 Å². The summed E-state index contributed by atoms with van der Waals surface area (Å²) < 4.78 is 0. The van der Waals surface area contributed by atoms with Crippen molar-refractivity contribution in [3.05, 3.63) is 0 Å². The van der Waals surface area contributed by atoms with Crippen LogP contribution in [0.4, 0.5) is 0 Å². The summed E-state index contributed by atoms with van der Waals surface area (Å²) in [5.41, 5.74) is 0. The molecule has 0 rings (SSSR count). The predicted octanol–water partition coefficient (Wildman–Crippen LogP) is 9.47. The van der Waals surface area contributed by atoms with Gasteiger partial charge in [0.2, 0.25) is 0 Å². The molecular formula is C30H64N2. The minimum absolute atomic E-state index is 1.22. The Labute approximate surface area is 205 Å². The van der Waals surface area contributed by atoms with Crippen LogP contribution in [-0.2, 0) is 0 Å². The number of unbranched alkanes of at least 4 members (excludes halogenated alkanes) is 18. The van der Waals surface area contributed by atoms with Gasteiger partial charge in [0.05, 0.1) is 0 Å². The first-order valence-corrected chi connectivity index (χ1v) is 15.2. The Balaban J connectivity index is 3.57. The van der Waals surface area contributed by atoms with Crippen LogP contribution in [0.1, 0.15) is 156 Å². The molecule has 0 aromatic heterocycles. The van der Waals surface area contributed by atoms with Gasteiger partial charge in [0.15, 0.2) is 0 Å². The van der Waals surface area contributed by atoms with Gasteiger partial charge in [-0.15, -0.1) is 0 Å². The number of hydrogen-bond acceptors (Lipinski definition) is 2. The van der Waals surface area contributed by atoms with E-state index in [9.17, 15) is 0 Å². The first kappa shape index (κ1) is 31.9. The minimum Gasteiger partial charge on any atom is -0.302 e. The predicted molar refractivity (Wildman–Crippen MR) is 148 cm³/mol. The van der Waals surface area contributed by atoms with Crippen molar-refractivity contribution in [1.82, 2.24) is 9.80 Å². The summed E-state index contributed by atoms with van der Waals surface area (Å²) in [6, 6.07) is 0. The molecule has 2 heteroatoms. The monoisotopic (exact) mass is 453 g/mol. The van der Waals surface area contributed by atoms with E-state index in [1.807, 2.05) is 0 Å². The standard InChI is InChI=1S/C30H64N2/c1-5-9-11-13-15-17-19-21-23-25-27-31(7-3)29-30-32(8-4)28-26-24-22-20-18-16-14-12-10-6-2/h5-30H2,1-4H3. The van der Waals surface area contributed by atoms with Crippen LogP contribution in [0.3, 0.4) is 0 Å². The molecule has 0 N–H and O–H groups in total. The first-order valence-electron chi connectivity index (χ1n) is 15.2. The van der Waals surface area contributed by atoms with E-state index in [1.165, 1.54) is 168 Å². The van der Waals surface area contributed by atoms with E-state index < -0.39 is 0 Å². The second kappa shape index (κ2) is 27.2. The van der Waals surface area contributed by atoms with Gasteiger partial charge in [-0.3, -0.25) is 0 Å². The lowest BCUT2D eigenvalue weighted by Gasteiger charge is -2.26. The SMILES string of the molecule is CCCCCCCCCCCCN(CC)CCN(CC)CCCCCCCCCCCC. The maximum Gasteiger partial charge on any atom is 0.0109 e. The molecule has 0 heterocycles. The average Bonchev–Trinajstić information content (AvgIpc) is 2.81. The molecular weight excluding hydrogens is 388 g/mol. The molecule has 0 aromatic rings. The summed E-state index contributed by atoms with van der Waals surface area (Å²) in [6.07, 6.45) is 28.8. The highest BCUT2D eigenvalue weighted by Gasteiger charge is 2.07. The van der Waals surface area contributed by atoms with Crippen molar-refractivity contribution in [2.75, 3.05) is 39.3 Å². The number of rotatable bonds is 27. The molecule has 0 fully saturated rings. The zero-order chi connectivity index (χ0) is 23.5.